The molecule has 0 spiro atoms. The minimum Gasteiger partial charge on any atom is -0.479 e. The molecule has 1 aliphatic rings. The van der Waals surface area contributed by atoms with Crippen LogP contribution < -0.4 is 5.32 Å². The number of anilines is 1. The van der Waals surface area contributed by atoms with E-state index in [0.29, 0.717) is 30.9 Å². The van der Waals surface area contributed by atoms with Crippen LogP contribution in [-0.2, 0) is 4.79 Å². The summed E-state index contributed by atoms with van der Waals surface area (Å²) in [6.45, 7) is 2.26. The zero-order chi connectivity index (χ0) is 13.2. The molecule has 18 heavy (non-hydrogen) atoms. The molecule has 2 rings (SSSR count). The lowest BCUT2D eigenvalue weighted by molar-refractivity contribution is -0.148. The van der Waals surface area contributed by atoms with Gasteiger partial charge in [-0.3, -0.25) is 5.32 Å². The van der Waals surface area contributed by atoms with Crippen LogP contribution >= 0.6 is 11.3 Å². The van der Waals surface area contributed by atoms with Crippen LogP contribution in [0.15, 0.2) is 11.6 Å². The van der Waals surface area contributed by atoms with Crippen molar-refractivity contribution in [3.8, 4) is 0 Å². The number of nitrogens with one attached hydrogen (secondary N) is 1. The molecule has 1 aromatic heterocycles. The highest BCUT2D eigenvalue weighted by Crippen LogP contribution is 2.33. The van der Waals surface area contributed by atoms with Crippen LogP contribution in [0.25, 0.3) is 0 Å². The van der Waals surface area contributed by atoms with Crippen molar-refractivity contribution in [1.82, 2.24) is 9.88 Å². The van der Waals surface area contributed by atoms with Crippen LogP contribution in [0.2, 0.25) is 0 Å². The first kappa shape index (κ1) is 12.8. The smallest absolute Gasteiger partial charge is 0.329 e. The summed E-state index contributed by atoms with van der Waals surface area (Å²) < 4.78 is 0. The summed E-state index contributed by atoms with van der Waals surface area (Å²) in [6, 6.07) is -0.383. The Labute approximate surface area is 109 Å². The van der Waals surface area contributed by atoms with Gasteiger partial charge in [0.15, 0.2) is 5.13 Å². The highest BCUT2D eigenvalue weighted by molar-refractivity contribution is 7.13. The van der Waals surface area contributed by atoms with Crippen LogP contribution in [0, 0.1) is 0 Å². The van der Waals surface area contributed by atoms with Gasteiger partial charge in [0.25, 0.3) is 0 Å². The average Bonchev–Trinajstić information content (AvgIpc) is 2.96. The van der Waals surface area contributed by atoms with Gasteiger partial charge in [-0.05, 0) is 19.3 Å². The first-order valence-electron chi connectivity index (χ1n) is 5.81. The summed E-state index contributed by atoms with van der Waals surface area (Å²) >= 11 is 1.31. The number of likely N-dealkylation sites (tertiary alicyclic amines) is 1. The number of carboxylic acid groups (broad SMARTS) is 1. The quantitative estimate of drug-likeness (QED) is 0.879. The second-order valence-electron chi connectivity index (χ2n) is 4.21. The van der Waals surface area contributed by atoms with Crippen molar-refractivity contribution in [2.24, 2.45) is 0 Å². The summed E-state index contributed by atoms with van der Waals surface area (Å²) in [7, 11) is 0. The highest BCUT2D eigenvalue weighted by Gasteiger charge is 2.48. The van der Waals surface area contributed by atoms with Crippen molar-refractivity contribution in [1.29, 1.82) is 0 Å². The van der Waals surface area contributed by atoms with Crippen LogP contribution in [0.3, 0.4) is 0 Å². The Balaban J connectivity index is 2.16. The standard InChI is InChI=1S/C11H15N3O3S/c1-2-11(8(15)16)4-3-6-14(11)10(17)13-9-12-5-7-18-9/h5,7H,2-4,6H2,1H3,(H,15,16)(H,12,13,17). The summed E-state index contributed by atoms with van der Waals surface area (Å²) in [5, 5.41) is 14.3. The molecule has 1 fully saturated rings. The lowest BCUT2D eigenvalue weighted by Gasteiger charge is -2.33. The zero-order valence-electron chi connectivity index (χ0n) is 10.0. The number of urea groups is 1. The van der Waals surface area contributed by atoms with E-state index in [4.69, 9.17) is 0 Å². The first-order valence-corrected chi connectivity index (χ1v) is 6.69. The third kappa shape index (κ3) is 2.05. The van der Waals surface area contributed by atoms with Gasteiger partial charge in [0.2, 0.25) is 0 Å². The van der Waals surface area contributed by atoms with Crippen LogP contribution in [0.5, 0.6) is 0 Å². The van der Waals surface area contributed by atoms with E-state index in [9.17, 15) is 14.7 Å². The number of thiazole rings is 1. The van der Waals surface area contributed by atoms with E-state index in [0.717, 1.165) is 0 Å². The van der Waals surface area contributed by atoms with Crippen molar-refractivity contribution in [3.05, 3.63) is 11.6 Å². The molecule has 0 bridgehead atoms. The second-order valence-corrected chi connectivity index (χ2v) is 5.11. The van der Waals surface area contributed by atoms with Crippen molar-refractivity contribution >= 4 is 28.5 Å². The minimum atomic E-state index is -1.07. The molecular weight excluding hydrogens is 254 g/mol. The van der Waals surface area contributed by atoms with Gasteiger partial charge in [-0.1, -0.05) is 6.92 Å². The van der Waals surface area contributed by atoms with Gasteiger partial charge in [0.1, 0.15) is 5.54 Å². The number of aromatic nitrogens is 1. The molecule has 6 nitrogen and oxygen atoms in total. The number of amides is 2. The van der Waals surface area contributed by atoms with Gasteiger partial charge in [-0.15, -0.1) is 11.3 Å². The molecule has 0 aliphatic carbocycles. The lowest BCUT2D eigenvalue weighted by Crippen LogP contribution is -2.54. The number of carbonyl (C=O) groups excluding carboxylic acids is 1. The molecule has 98 valence electrons. The number of rotatable bonds is 3. The fraction of sp³-hybridized carbons (Fsp3) is 0.545. The minimum absolute atomic E-state index is 0.383. The monoisotopic (exact) mass is 269 g/mol. The predicted molar refractivity (Wildman–Crippen MR) is 67.7 cm³/mol. The van der Waals surface area contributed by atoms with E-state index in [1.807, 2.05) is 0 Å². The Hall–Kier alpha value is -1.63. The Bertz CT molecular complexity index is 448. The highest BCUT2D eigenvalue weighted by atomic mass is 32.1. The van der Waals surface area contributed by atoms with Crippen LogP contribution in [0.4, 0.5) is 9.93 Å². The van der Waals surface area contributed by atoms with Crippen molar-refractivity contribution in [3.63, 3.8) is 0 Å². The number of hydrogen-bond acceptors (Lipinski definition) is 4. The molecule has 7 heteroatoms. The third-order valence-corrected chi connectivity index (χ3v) is 4.05. The number of carboxylic acids is 1. The molecular formula is C11H15N3O3S. The molecule has 0 radical (unpaired) electrons. The average molecular weight is 269 g/mol. The number of aliphatic carboxylic acids is 1. The molecule has 1 saturated heterocycles. The van der Waals surface area contributed by atoms with E-state index in [-0.39, 0.29) is 6.03 Å². The normalized spacial score (nSPS) is 23.1. The number of hydrogen-bond donors (Lipinski definition) is 2. The topological polar surface area (TPSA) is 82.5 Å². The van der Waals surface area contributed by atoms with Gasteiger partial charge in [0, 0.05) is 18.1 Å². The summed E-state index contributed by atoms with van der Waals surface area (Å²) in [6.07, 6.45) is 3.22. The molecule has 0 saturated carbocycles. The van der Waals surface area contributed by atoms with Crippen molar-refractivity contribution in [2.75, 3.05) is 11.9 Å². The second kappa shape index (κ2) is 4.93. The molecule has 2 amide bonds. The Morgan fingerprint density at radius 2 is 2.44 bits per heavy atom. The first-order chi connectivity index (χ1) is 8.60. The predicted octanol–water partition coefficient (Wildman–Crippen LogP) is 2.00. The fourth-order valence-electron chi connectivity index (χ4n) is 2.36. The molecule has 1 unspecified atom stereocenters. The maximum atomic E-state index is 12.1. The van der Waals surface area contributed by atoms with Gasteiger partial charge >= 0.3 is 12.0 Å². The third-order valence-electron chi connectivity index (χ3n) is 3.36. The molecule has 2 heterocycles. The molecule has 1 aliphatic heterocycles. The summed E-state index contributed by atoms with van der Waals surface area (Å²) in [5.74, 6) is -0.934. The Morgan fingerprint density at radius 3 is 3.00 bits per heavy atom. The summed E-state index contributed by atoms with van der Waals surface area (Å²) in [4.78, 5) is 28.9. The van der Waals surface area contributed by atoms with Crippen molar-refractivity contribution in [2.45, 2.75) is 31.7 Å². The van der Waals surface area contributed by atoms with Crippen LogP contribution in [0.1, 0.15) is 26.2 Å². The SMILES string of the molecule is CCC1(C(=O)O)CCCN1C(=O)Nc1nccs1. The molecule has 0 aromatic carbocycles. The van der Waals surface area contributed by atoms with E-state index in [2.05, 4.69) is 10.3 Å². The Morgan fingerprint density at radius 1 is 1.67 bits per heavy atom. The molecule has 1 aromatic rings. The van der Waals surface area contributed by atoms with Gasteiger partial charge in [0.05, 0.1) is 0 Å². The van der Waals surface area contributed by atoms with Gasteiger partial charge in [-0.2, -0.15) is 0 Å². The van der Waals surface area contributed by atoms with Gasteiger partial charge < -0.3 is 10.0 Å². The van der Waals surface area contributed by atoms with E-state index < -0.39 is 11.5 Å². The molecule has 1 atom stereocenters. The van der Waals surface area contributed by atoms with Gasteiger partial charge in [-0.25, -0.2) is 14.6 Å². The van der Waals surface area contributed by atoms with E-state index in [1.54, 1.807) is 18.5 Å². The number of carbonyl (C=O) groups is 2. The van der Waals surface area contributed by atoms with E-state index in [1.165, 1.54) is 16.2 Å². The van der Waals surface area contributed by atoms with Crippen molar-refractivity contribution < 1.29 is 14.7 Å². The maximum absolute atomic E-state index is 12.1. The van der Waals surface area contributed by atoms with Crippen LogP contribution in [-0.4, -0.2) is 39.1 Å². The molecule has 2 N–H and O–H groups in total. The Kier molecular flexibility index (Phi) is 3.51. The lowest BCUT2D eigenvalue weighted by atomic mass is 9.93. The zero-order valence-corrected chi connectivity index (χ0v) is 10.9. The largest absolute Gasteiger partial charge is 0.479 e. The summed E-state index contributed by atoms with van der Waals surface area (Å²) in [5.41, 5.74) is -1.07. The van der Waals surface area contributed by atoms with E-state index >= 15 is 0 Å². The maximum Gasteiger partial charge on any atom is 0.329 e. The fourth-order valence-corrected chi connectivity index (χ4v) is 2.88. The number of nitrogens with zero attached hydrogens (tertiary/aromatic N) is 2.